The molecule has 20 heavy (non-hydrogen) atoms. The van der Waals surface area contributed by atoms with Gasteiger partial charge in [-0.25, -0.2) is 0 Å². The van der Waals surface area contributed by atoms with E-state index < -0.39 is 44.1 Å². The molecule has 2 nitrogen and oxygen atoms in total. The molecule has 0 aromatic rings. The third-order valence-electron chi connectivity index (χ3n) is 7.75. The van der Waals surface area contributed by atoms with Gasteiger partial charge in [0.05, 0.1) is 7.11 Å². The number of hydrogen-bond acceptors (Lipinski definition) is 2. The Bertz CT molecular complexity index is 327. The summed E-state index contributed by atoms with van der Waals surface area (Å²) >= 11 is 0. The fraction of sp³-hybridized carbons (Fsp3) is 1.00. The number of rotatable bonds is 5. The summed E-state index contributed by atoms with van der Waals surface area (Å²) in [5.74, 6) is 0. The second-order valence-electron chi connectivity index (χ2n) is 9.77. The molecular formula is C12H38O2Si6. The Morgan fingerprint density at radius 1 is 0.400 bits per heavy atom. The molecule has 0 saturated carbocycles. The maximum Gasteiger partial charge on any atom is 0.304 e. The average Bonchev–Trinajstić information content (AvgIpc) is 2.12. The van der Waals surface area contributed by atoms with Crippen LogP contribution < -0.4 is 0 Å². The summed E-state index contributed by atoms with van der Waals surface area (Å²) in [7, 11) is -10.4. The zero-order chi connectivity index (χ0) is 17.0. The molecule has 8 heteroatoms. The van der Waals surface area contributed by atoms with Crippen LogP contribution in [0.5, 0.6) is 0 Å². The van der Waals surface area contributed by atoms with Crippen molar-refractivity contribution in [2.45, 2.75) is 78.6 Å². The van der Waals surface area contributed by atoms with Crippen LogP contribution in [0.2, 0.25) is 78.6 Å². The van der Waals surface area contributed by atoms with E-state index in [4.69, 9.17) is 0 Å². The van der Waals surface area contributed by atoms with Gasteiger partial charge in [0, 0.05) is 28.9 Å². The van der Waals surface area contributed by atoms with Gasteiger partial charge < -0.3 is 9.59 Å². The molecule has 0 fully saturated rings. The third-order valence-corrected chi connectivity index (χ3v) is 121. The Hall–Kier alpha value is 1.22. The van der Waals surface area contributed by atoms with Gasteiger partial charge in [-0.3, -0.25) is 0 Å². The van der Waals surface area contributed by atoms with Crippen molar-refractivity contribution in [2.75, 3.05) is 0 Å². The lowest BCUT2D eigenvalue weighted by Crippen LogP contribution is -2.88. The maximum atomic E-state index is 10.6. The Balaban J connectivity index is 6.08. The molecule has 0 saturated heterocycles. The third kappa shape index (κ3) is 2.99. The van der Waals surface area contributed by atoms with Crippen LogP contribution in [0.4, 0.5) is 0 Å². The van der Waals surface area contributed by atoms with Gasteiger partial charge in [0.15, 0.2) is 0 Å². The Kier molecular flexibility index (Phi) is 5.72. The molecule has 0 aliphatic rings. The minimum absolute atomic E-state index is 1.16. The summed E-state index contributed by atoms with van der Waals surface area (Å²) < 4.78 is 0. The monoisotopic (exact) mass is 382 g/mol. The first kappa shape index (κ1) is 21.2. The van der Waals surface area contributed by atoms with Crippen molar-refractivity contribution in [1.29, 1.82) is 0 Å². The largest absolute Gasteiger partial charge is 0.413 e. The molecule has 0 radical (unpaired) electrons. The average molecular weight is 383 g/mol. The zero-order valence-electron chi connectivity index (χ0n) is 15.9. The van der Waals surface area contributed by atoms with Gasteiger partial charge in [-0.2, -0.15) is 0 Å². The molecule has 0 rings (SSSR count). The van der Waals surface area contributed by atoms with E-state index in [1.165, 1.54) is 0 Å². The smallest absolute Gasteiger partial charge is 0.304 e. The van der Waals surface area contributed by atoms with Gasteiger partial charge in [0.2, 0.25) is 0 Å². The van der Waals surface area contributed by atoms with Crippen LogP contribution in [-0.2, 0) is 0 Å². The van der Waals surface area contributed by atoms with Crippen molar-refractivity contribution in [3.05, 3.63) is 0 Å². The minimum Gasteiger partial charge on any atom is -0.413 e. The predicted octanol–water partition coefficient (Wildman–Crippen LogP) is 3.61. The van der Waals surface area contributed by atoms with E-state index in [0.717, 1.165) is 0 Å². The SMILES string of the molecule is C[Si](C)(C)[Si](C)(C)[Si](C)(C)[Si](C)(C)[Si](C)(C)[Si](C)(O)O. The highest BCUT2D eigenvalue weighted by Crippen LogP contribution is 2.40. The van der Waals surface area contributed by atoms with E-state index in [1.54, 1.807) is 6.55 Å². The molecular weight excluding hydrogens is 345 g/mol. The van der Waals surface area contributed by atoms with E-state index in [0.29, 0.717) is 0 Å². The molecule has 0 aliphatic carbocycles. The lowest BCUT2D eigenvalue weighted by atomic mass is 11.8. The van der Waals surface area contributed by atoms with Crippen LogP contribution in [-0.4, -0.2) is 53.7 Å². The second-order valence-corrected chi connectivity index (χ2v) is 72.7. The Morgan fingerprint density at radius 3 is 0.850 bits per heavy atom. The van der Waals surface area contributed by atoms with E-state index in [1.807, 2.05) is 0 Å². The molecule has 2 N–H and O–H groups in total. The van der Waals surface area contributed by atoms with Crippen molar-refractivity contribution in [1.82, 2.24) is 0 Å². The maximum absolute atomic E-state index is 10.6. The zero-order valence-corrected chi connectivity index (χ0v) is 21.9. The molecule has 0 aliphatic heterocycles. The topological polar surface area (TPSA) is 40.5 Å². The Morgan fingerprint density at radius 2 is 0.650 bits per heavy atom. The molecule has 0 unspecified atom stereocenters. The van der Waals surface area contributed by atoms with E-state index in [-0.39, 0.29) is 0 Å². The minimum atomic E-state index is -2.99. The van der Waals surface area contributed by atoms with Crippen molar-refractivity contribution >= 4 is 44.1 Å². The van der Waals surface area contributed by atoms with E-state index in [9.17, 15) is 9.59 Å². The summed E-state index contributed by atoms with van der Waals surface area (Å²) in [5, 5.41) is 0. The van der Waals surface area contributed by atoms with Gasteiger partial charge in [0.25, 0.3) is 0 Å². The van der Waals surface area contributed by atoms with Crippen LogP contribution in [0.25, 0.3) is 0 Å². The lowest BCUT2D eigenvalue weighted by Gasteiger charge is -2.59. The summed E-state index contributed by atoms with van der Waals surface area (Å²) in [6.07, 6.45) is 0. The first-order valence-electron chi connectivity index (χ1n) is 7.70. The summed E-state index contributed by atoms with van der Waals surface area (Å²) in [4.78, 5) is 21.1. The normalized spacial score (nSPS) is 16.5. The molecule has 0 heterocycles. The summed E-state index contributed by atoms with van der Waals surface area (Å²) in [5.41, 5.74) is 0. The molecule has 0 amide bonds. The fourth-order valence-corrected chi connectivity index (χ4v) is 141. The van der Waals surface area contributed by atoms with Gasteiger partial charge in [-0.1, -0.05) is 72.0 Å². The van der Waals surface area contributed by atoms with Gasteiger partial charge in [-0.05, 0) is 6.55 Å². The standard InChI is InChI=1S/C12H38O2Si6/c1-15(2,3)16(4,5)17(6,7)18(8,9)19(10,11)20(12,13)14/h13-14H,1-12H3. The van der Waals surface area contributed by atoms with Crippen molar-refractivity contribution in [2.24, 2.45) is 0 Å². The predicted molar refractivity (Wildman–Crippen MR) is 109 cm³/mol. The highest BCUT2D eigenvalue weighted by atomic mass is 30.0. The number of hydrogen-bond donors (Lipinski definition) is 2. The Labute approximate surface area is 132 Å². The molecule has 0 aromatic carbocycles. The highest BCUT2D eigenvalue weighted by Gasteiger charge is 2.66. The van der Waals surface area contributed by atoms with Crippen LogP contribution in [0, 0.1) is 0 Å². The molecule has 0 bridgehead atoms. The molecule has 0 atom stereocenters. The quantitative estimate of drug-likeness (QED) is 0.713. The van der Waals surface area contributed by atoms with Crippen LogP contribution in [0.3, 0.4) is 0 Å². The van der Waals surface area contributed by atoms with Gasteiger partial charge >= 0.3 is 8.08 Å². The van der Waals surface area contributed by atoms with Crippen molar-refractivity contribution in [3.8, 4) is 0 Å². The van der Waals surface area contributed by atoms with E-state index in [2.05, 4.69) is 72.0 Å². The van der Waals surface area contributed by atoms with Crippen LogP contribution in [0.1, 0.15) is 0 Å². The first-order valence-corrected chi connectivity index (χ1v) is 30.6. The lowest BCUT2D eigenvalue weighted by molar-refractivity contribution is 0.398. The second kappa shape index (κ2) is 5.39. The van der Waals surface area contributed by atoms with Crippen molar-refractivity contribution < 1.29 is 9.59 Å². The summed E-state index contributed by atoms with van der Waals surface area (Å²) in [6.45, 7) is 29.5. The van der Waals surface area contributed by atoms with Gasteiger partial charge in [-0.15, -0.1) is 0 Å². The van der Waals surface area contributed by atoms with Crippen LogP contribution in [0.15, 0.2) is 0 Å². The van der Waals surface area contributed by atoms with Crippen LogP contribution >= 0.6 is 0 Å². The molecule has 0 aromatic heterocycles. The van der Waals surface area contributed by atoms with E-state index >= 15 is 0 Å². The fourth-order valence-electron chi connectivity index (χ4n) is 3.09. The van der Waals surface area contributed by atoms with Gasteiger partial charge in [0.1, 0.15) is 0 Å². The molecule has 122 valence electrons. The highest BCUT2D eigenvalue weighted by molar-refractivity contribution is 7.96. The van der Waals surface area contributed by atoms with Crippen molar-refractivity contribution in [3.63, 3.8) is 0 Å². The first-order chi connectivity index (χ1) is 8.25. The summed E-state index contributed by atoms with van der Waals surface area (Å²) in [6, 6.07) is 0. The molecule has 0 spiro atoms.